The van der Waals surface area contributed by atoms with Gasteiger partial charge in [-0.3, -0.25) is 19.7 Å². The van der Waals surface area contributed by atoms with Gasteiger partial charge in [-0.05, 0) is 42.3 Å². The van der Waals surface area contributed by atoms with Crippen molar-refractivity contribution in [3.63, 3.8) is 0 Å². The van der Waals surface area contributed by atoms with Crippen LogP contribution in [-0.4, -0.2) is 53.5 Å². The summed E-state index contributed by atoms with van der Waals surface area (Å²) in [6, 6.07) is 15.3. The lowest BCUT2D eigenvalue weighted by molar-refractivity contribution is -0.148. The third-order valence-electron chi connectivity index (χ3n) is 5.50. The van der Waals surface area contributed by atoms with Crippen LogP contribution in [0.25, 0.3) is 0 Å². The molecule has 0 aliphatic carbocycles. The first kappa shape index (κ1) is 26.2. The molecular formula is C26H31N3O5S. The fourth-order valence-corrected chi connectivity index (χ4v) is 3.85. The van der Waals surface area contributed by atoms with Crippen LogP contribution >= 0.6 is 12.2 Å². The van der Waals surface area contributed by atoms with Crippen molar-refractivity contribution in [1.29, 1.82) is 0 Å². The highest BCUT2D eigenvalue weighted by molar-refractivity contribution is 7.80. The molecule has 0 radical (unpaired) electrons. The van der Waals surface area contributed by atoms with Gasteiger partial charge in [-0.15, -0.1) is 0 Å². The second-order valence-electron chi connectivity index (χ2n) is 8.64. The number of para-hydroxylation sites is 1. The topological polar surface area (TPSA) is 97.0 Å². The van der Waals surface area contributed by atoms with Gasteiger partial charge in [-0.2, -0.15) is 0 Å². The maximum atomic E-state index is 13.0. The number of rotatable bonds is 9. The maximum Gasteiger partial charge on any atom is 0.308 e. The number of piperazine rings is 1. The molecule has 0 aromatic heterocycles. The normalized spacial score (nSPS) is 15.3. The van der Waals surface area contributed by atoms with Crippen LogP contribution in [0.5, 0.6) is 5.75 Å². The molecule has 2 aromatic rings. The van der Waals surface area contributed by atoms with Gasteiger partial charge in [0.1, 0.15) is 18.4 Å². The van der Waals surface area contributed by atoms with E-state index in [2.05, 4.69) is 24.5 Å². The van der Waals surface area contributed by atoms with Crippen molar-refractivity contribution in [2.24, 2.45) is 5.92 Å². The van der Waals surface area contributed by atoms with Gasteiger partial charge in [0.05, 0.1) is 18.6 Å². The van der Waals surface area contributed by atoms with Gasteiger partial charge in [0, 0.05) is 13.1 Å². The average Bonchev–Trinajstić information content (AvgIpc) is 2.84. The third-order valence-corrected chi connectivity index (χ3v) is 5.84. The summed E-state index contributed by atoms with van der Waals surface area (Å²) in [5.74, 6) is -0.372. The van der Waals surface area contributed by atoms with Gasteiger partial charge >= 0.3 is 5.97 Å². The third kappa shape index (κ3) is 7.78. The molecule has 2 aromatic carbocycles. The zero-order valence-electron chi connectivity index (χ0n) is 20.0. The van der Waals surface area contributed by atoms with Crippen LogP contribution in [0.2, 0.25) is 0 Å². The Morgan fingerprint density at radius 3 is 2.60 bits per heavy atom. The van der Waals surface area contributed by atoms with Crippen molar-refractivity contribution in [2.75, 3.05) is 19.7 Å². The fraction of sp³-hybridized carbons (Fsp3) is 0.385. The SMILES string of the molecule is CC(C)CCOc1ccccc1C(=O)NC(=S)N1CCNC(=O)C1CC(=O)OCc1ccccc1. The molecule has 3 rings (SSSR count). The lowest BCUT2D eigenvalue weighted by Crippen LogP contribution is -2.60. The van der Waals surface area contributed by atoms with Crippen LogP contribution in [0.15, 0.2) is 54.6 Å². The number of hydrogen-bond acceptors (Lipinski definition) is 6. The van der Waals surface area contributed by atoms with Crippen LogP contribution in [-0.2, 0) is 20.9 Å². The molecule has 2 amide bonds. The first-order chi connectivity index (χ1) is 16.8. The van der Waals surface area contributed by atoms with Gasteiger partial charge in [0.25, 0.3) is 5.91 Å². The number of nitrogens with zero attached hydrogens (tertiary/aromatic N) is 1. The predicted molar refractivity (Wildman–Crippen MR) is 136 cm³/mol. The Hall–Kier alpha value is -3.46. The molecule has 1 atom stereocenters. The van der Waals surface area contributed by atoms with Crippen LogP contribution in [0.1, 0.15) is 42.6 Å². The Labute approximate surface area is 211 Å². The summed E-state index contributed by atoms with van der Waals surface area (Å²) in [5, 5.41) is 5.51. The first-order valence-corrected chi connectivity index (χ1v) is 12.1. The van der Waals surface area contributed by atoms with E-state index in [1.54, 1.807) is 29.2 Å². The summed E-state index contributed by atoms with van der Waals surface area (Å²) < 4.78 is 11.1. The quantitative estimate of drug-likeness (QED) is 0.406. The van der Waals surface area contributed by atoms with Crippen molar-refractivity contribution in [3.8, 4) is 5.75 Å². The Morgan fingerprint density at radius 1 is 1.14 bits per heavy atom. The van der Waals surface area contributed by atoms with Gasteiger partial charge in [-0.25, -0.2) is 0 Å². The lowest BCUT2D eigenvalue weighted by Gasteiger charge is -2.36. The Bertz CT molecular complexity index is 1040. The van der Waals surface area contributed by atoms with Crippen LogP contribution in [0.3, 0.4) is 0 Å². The number of nitrogens with one attached hydrogen (secondary N) is 2. The van der Waals surface area contributed by atoms with E-state index in [-0.39, 0.29) is 24.0 Å². The number of benzene rings is 2. The molecule has 1 aliphatic rings. The van der Waals surface area contributed by atoms with Gasteiger partial charge in [0.2, 0.25) is 5.91 Å². The van der Waals surface area contributed by atoms with Crippen molar-refractivity contribution >= 4 is 35.1 Å². The Morgan fingerprint density at radius 2 is 1.86 bits per heavy atom. The van der Waals surface area contributed by atoms with Crippen LogP contribution in [0.4, 0.5) is 0 Å². The highest BCUT2D eigenvalue weighted by Crippen LogP contribution is 2.19. The van der Waals surface area contributed by atoms with E-state index >= 15 is 0 Å². The minimum Gasteiger partial charge on any atom is -0.493 e. The molecule has 1 unspecified atom stereocenters. The predicted octanol–water partition coefficient (Wildman–Crippen LogP) is 3.06. The summed E-state index contributed by atoms with van der Waals surface area (Å²) in [4.78, 5) is 39.5. The molecule has 0 saturated carbocycles. The zero-order valence-corrected chi connectivity index (χ0v) is 20.8. The second kappa shape index (κ2) is 12.9. The van der Waals surface area contributed by atoms with Crippen LogP contribution in [0, 0.1) is 5.92 Å². The minimum absolute atomic E-state index is 0.0719. The molecule has 35 heavy (non-hydrogen) atoms. The molecule has 2 N–H and O–H groups in total. The maximum absolute atomic E-state index is 13.0. The van der Waals surface area contributed by atoms with E-state index in [0.29, 0.717) is 36.9 Å². The molecule has 1 saturated heterocycles. The molecule has 0 spiro atoms. The van der Waals surface area contributed by atoms with E-state index in [1.165, 1.54) is 0 Å². The van der Waals surface area contributed by atoms with Crippen molar-refractivity contribution < 1.29 is 23.9 Å². The number of amides is 2. The molecule has 186 valence electrons. The number of carbonyl (C=O) groups excluding carboxylic acids is 3. The summed E-state index contributed by atoms with van der Waals surface area (Å²) in [7, 11) is 0. The highest BCUT2D eigenvalue weighted by Gasteiger charge is 2.34. The fourth-order valence-electron chi connectivity index (χ4n) is 3.54. The Kier molecular flexibility index (Phi) is 9.60. The molecular weight excluding hydrogens is 466 g/mol. The zero-order chi connectivity index (χ0) is 25.2. The van der Waals surface area contributed by atoms with Crippen LogP contribution < -0.4 is 15.4 Å². The molecule has 8 nitrogen and oxygen atoms in total. The van der Waals surface area contributed by atoms with E-state index in [0.717, 1.165) is 12.0 Å². The van der Waals surface area contributed by atoms with Crippen molar-refractivity contribution in [1.82, 2.24) is 15.5 Å². The molecule has 1 aliphatic heterocycles. The van der Waals surface area contributed by atoms with E-state index < -0.39 is 17.9 Å². The number of hydrogen-bond donors (Lipinski definition) is 2. The first-order valence-electron chi connectivity index (χ1n) is 11.7. The second-order valence-corrected chi connectivity index (χ2v) is 9.02. The molecule has 1 heterocycles. The standard InChI is InChI=1S/C26H31N3O5S/c1-18(2)12-15-33-22-11-7-6-10-20(22)24(31)28-26(35)29-14-13-27-25(32)21(29)16-23(30)34-17-19-8-4-3-5-9-19/h3-11,18,21H,12-17H2,1-2H3,(H,27,32)(H,28,31,35). The largest absolute Gasteiger partial charge is 0.493 e. The van der Waals surface area contributed by atoms with E-state index in [4.69, 9.17) is 21.7 Å². The Balaban J connectivity index is 1.62. The number of esters is 1. The van der Waals surface area contributed by atoms with E-state index in [9.17, 15) is 14.4 Å². The monoisotopic (exact) mass is 497 g/mol. The van der Waals surface area contributed by atoms with Gasteiger partial charge < -0.3 is 19.7 Å². The number of ether oxygens (including phenoxy) is 2. The minimum atomic E-state index is -0.877. The summed E-state index contributed by atoms with van der Waals surface area (Å²) in [5.41, 5.74) is 1.20. The average molecular weight is 498 g/mol. The molecule has 0 bridgehead atoms. The summed E-state index contributed by atoms with van der Waals surface area (Å²) in [6.45, 7) is 5.51. The molecule has 1 fully saturated rings. The van der Waals surface area contributed by atoms with E-state index in [1.807, 2.05) is 30.3 Å². The smallest absolute Gasteiger partial charge is 0.308 e. The van der Waals surface area contributed by atoms with Gasteiger partial charge in [0.15, 0.2) is 5.11 Å². The summed E-state index contributed by atoms with van der Waals surface area (Å²) >= 11 is 5.46. The van der Waals surface area contributed by atoms with Crippen molar-refractivity contribution in [3.05, 3.63) is 65.7 Å². The lowest BCUT2D eigenvalue weighted by atomic mass is 10.1. The van der Waals surface area contributed by atoms with Crippen molar-refractivity contribution in [2.45, 2.75) is 39.3 Å². The summed E-state index contributed by atoms with van der Waals surface area (Å²) in [6.07, 6.45) is 0.670. The highest BCUT2D eigenvalue weighted by atomic mass is 32.1. The van der Waals surface area contributed by atoms with Gasteiger partial charge in [-0.1, -0.05) is 56.3 Å². The molecule has 9 heteroatoms. The number of carbonyl (C=O) groups is 3. The number of thiocarbonyl (C=S) groups is 1.